The van der Waals surface area contributed by atoms with E-state index >= 15 is 0 Å². The molecular formula is C54H55N3O11. The number of aromatic nitrogens is 2. The zero-order valence-electron chi connectivity index (χ0n) is 38.3. The molecule has 6 aromatic carbocycles. The normalized spacial score (nSPS) is 12.2. The van der Waals surface area contributed by atoms with Crippen LogP contribution in [0.4, 0.5) is 5.69 Å². The minimum absolute atomic E-state index is 0.171. The number of amides is 1. The van der Waals surface area contributed by atoms with Gasteiger partial charge in [-0.05, 0) is 99.2 Å². The van der Waals surface area contributed by atoms with Gasteiger partial charge in [0.05, 0.1) is 68.4 Å². The van der Waals surface area contributed by atoms with E-state index in [1.165, 1.54) is 6.92 Å². The number of nitrogens with zero attached hydrogens (tertiary/aromatic N) is 2. The van der Waals surface area contributed by atoms with E-state index in [1.54, 1.807) is 53.7 Å². The minimum Gasteiger partial charge on any atom is -0.494 e. The van der Waals surface area contributed by atoms with E-state index in [0.29, 0.717) is 88.7 Å². The zero-order valence-corrected chi connectivity index (χ0v) is 38.3. The highest BCUT2D eigenvalue weighted by atomic mass is 16.5. The van der Waals surface area contributed by atoms with Gasteiger partial charge in [0.1, 0.15) is 23.0 Å². The molecule has 0 bridgehead atoms. The molecule has 0 aliphatic heterocycles. The number of unbranched alkanes of at least 4 members (excludes halogenated alkanes) is 4. The summed E-state index contributed by atoms with van der Waals surface area (Å²) in [5, 5.41) is 28.4. The summed E-state index contributed by atoms with van der Waals surface area (Å²) in [5.74, 6) is 0.819. The van der Waals surface area contributed by atoms with E-state index in [0.717, 1.165) is 60.1 Å². The Bertz CT molecular complexity index is 3070. The molecule has 0 aliphatic carbocycles. The highest BCUT2D eigenvalue weighted by Gasteiger charge is 2.40. The fourth-order valence-corrected chi connectivity index (χ4v) is 8.82. The van der Waals surface area contributed by atoms with Crippen molar-refractivity contribution in [2.24, 2.45) is 0 Å². The van der Waals surface area contributed by atoms with Crippen LogP contribution in [0.25, 0.3) is 43.6 Å². The van der Waals surface area contributed by atoms with E-state index in [4.69, 9.17) is 28.4 Å². The van der Waals surface area contributed by atoms with Gasteiger partial charge in [-0.15, -0.1) is 0 Å². The first-order chi connectivity index (χ1) is 33.2. The average molecular weight is 922 g/mol. The topological polar surface area (TPSA) is 169 Å². The fourth-order valence-electron chi connectivity index (χ4n) is 8.82. The highest BCUT2D eigenvalue weighted by Crippen LogP contribution is 2.42. The fraction of sp³-hybridized carbons (Fsp3) is 0.278. The smallest absolute Gasteiger partial charge is 0.329 e. The van der Waals surface area contributed by atoms with Crippen molar-refractivity contribution in [1.29, 1.82) is 0 Å². The van der Waals surface area contributed by atoms with E-state index in [1.807, 2.05) is 97.1 Å². The van der Waals surface area contributed by atoms with Crippen LogP contribution in [0, 0.1) is 0 Å². The lowest BCUT2D eigenvalue weighted by Gasteiger charge is -2.26. The number of para-hydroxylation sites is 4. The van der Waals surface area contributed by atoms with Crippen LogP contribution >= 0.6 is 0 Å². The standard InChI is InChI=1S/C54H55N3O11/c1-35(58)55-43-18-8-11-21-48(43)68-31-15-5-14-29-66-37-23-26-42-40-17-7-10-20-45(40)57(47(42)33-37)52(54(61)62)51(53(59)60)56-44-19-9-6-16-39(44)41-25-22-36(32-46(41)56)65-28-12-4-13-30-67-38-24-27-49(63-2)50(34-38)64-3/h6-11,16-27,32-34,51-52H,4-5,12-15,28-31H2,1-3H3,(H,55,58)(H,59,60)(H,61,62). The molecule has 2 atom stereocenters. The molecule has 14 heteroatoms. The van der Waals surface area contributed by atoms with Gasteiger partial charge in [-0.25, -0.2) is 9.59 Å². The summed E-state index contributed by atoms with van der Waals surface area (Å²) in [6.45, 7) is 3.25. The summed E-state index contributed by atoms with van der Waals surface area (Å²) in [6.07, 6.45) is 4.70. The number of hydrogen-bond donors (Lipinski definition) is 3. The first-order valence-corrected chi connectivity index (χ1v) is 22.8. The molecule has 0 spiro atoms. The number of ether oxygens (including phenoxy) is 6. The molecule has 0 aliphatic rings. The molecule has 0 fully saturated rings. The third-order valence-electron chi connectivity index (χ3n) is 11.9. The number of carboxylic acids is 2. The van der Waals surface area contributed by atoms with Crippen molar-refractivity contribution in [2.45, 2.75) is 57.5 Å². The number of carboxylic acid groups (broad SMARTS) is 2. The summed E-state index contributed by atoms with van der Waals surface area (Å²) in [6, 6.07) is 35.6. The number of methoxy groups -OCH3 is 2. The molecule has 14 nitrogen and oxygen atoms in total. The second kappa shape index (κ2) is 21.6. The molecule has 8 aromatic rings. The lowest BCUT2D eigenvalue weighted by Crippen LogP contribution is -2.34. The van der Waals surface area contributed by atoms with Crippen LogP contribution in [-0.4, -0.2) is 77.8 Å². The Labute approximate surface area is 393 Å². The third kappa shape index (κ3) is 10.2. The monoisotopic (exact) mass is 921 g/mol. The molecule has 68 heavy (non-hydrogen) atoms. The molecule has 0 saturated carbocycles. The van der Waals surface area contributed by atoms with Crippen LogP contribution < -0.4 is 33.7 Å². The minimum atomic E-state index is -1.59. The highest BCUT2D eigenvalue weighted by molar-refractivity contribution is 6.11. The summed E-state index contributed by atoms with van der Waals surface area (Å²) in [7, 11) is 3.17. The summed E-state index contributed by atoms with van der Waals surface area (Å²) >= 11 is 0. The predicted octanol–water partition coefficient (Wildman–Crippen LogP) is 11.1. The molecular weight excluding hydrogens is 867 g/mol. The van der Waals surface area contributed by atoms with Crippen LogP contribution in [0.15, 0.2) is 127 Å². The molecule has 2 heterocycles. The van der Waals surface area contributed by atoms with E-state index < -0.39 is 24.0 Å². The number of anilines is 1. The quantitative estimate of drug-likeness (QED) is 0.0493. The van der Waals surface area contributed by atoms with Gasteiger partial charge in [0.2, 0.25) is 5.91 Å². The second-order valence-corrected chi connectivity index (χ2v) is 16.4. The first-order valence-electron chi connectivity index (χ1n) is 22.8. The van der Waals surface area contributed by atoms with Gasteiger partial charge in [-0.2, -0.15) is 0 Å². The van der Waals surface area contributed by atoms with Gasteiger partial charge in [0, 0.05) is 46.7 Å². The van der Waals surface area contributed by atoms with Crippen LogP contribution in [-0.2, 0) is 14.4 Å². The summed E-state index contributed by atoms with van der Waals surface area (Å²) < 4.78 is 38.3. The third-order valence-corrected chi connectivity index (χ3v) is 11.9. The molecule has 0 saturated heterocycles. The molecule has 352 valence electrons. The SMILES string of the molecule is COc1ccc(OCCCCCOc2ccc3c4ccccc4n(C(C(=O)O)C(C(=O)O)n4c5ccccc5c5ccc(OCCCCCOc6ccccc6NC(C)=O)cc54)c3c2)cc1OC. The molecule has 2 unspecified atom stereocenters. The van der Waals surface area contributed by atoms with Crippen molar-refractivity contribution in [2.75, 3.05) is 46.0 Å². The van der Waals surface area contributed by atoms with Gasteiger partial charge < -0.3 is 53.1 Å². The maximum Gasteiger partial charge on any atom is 0.329 e. The number of fused-ring (bicyclic) bond motifs is 6. The van der Waals surface area contributed by atoms with E-state index in [-0.39, 0.29) is 5.91 Å². The number of carbonyl (C=O) groups is 3. The number of rotatable bonds is 24. The van der Waals surface area contributed by atoms with Crippen molar-refractivity contribution < 1.29 is 53.0 Å². The number of aliphatic carboxylic acids is 2. The molecule has 3 N–H and O–H groups in total. The van der Waals surface area contributed by atoms with Crippen molar-refractivity contribution in [1.82, 2.24) is 9.13 Å². The first kappa shape index (κ1) is 46.7. The number of nitrogens with one attached hydrogen (secondary N) is 1. The van der Waals surface area contributed by atoms with E-state index in [2.05, 4.69) is 5.32 Å². The van der Waals surface area contributed by atoms with Crippen LogP contribution in [0.2, 0.25) is 0 Å². The van der Waals surface area contributed by atoms with Crippen molar-refractivity contribution in [3.05, 3.63) is 127 Å². The van der Waals surface area contributed by atoms with Crippen LogP contribution in [0.5, 0.6) is 34.5 Å². The van der Waals surface area contributed by atoms with Gasteiger partial charge in [-0.3, -0.25) is 4.79 Å². The lowest BCUT2D eigenvalue weighted by molar-refractivity contribution is -0.151. The lowest BCUT2D eigenvalue weighted by atomic mass is 10.1. The Morgan fingerprint density at radius 3 is 1.38 bits per heavy atom. The van der Waals surface area contributed by atoms with E-state index in [9.17, 15) is 24.6 Å². The maximum atomic E-state index is 13.8. The summed E-state index contributed by atoms with van der Waals surface area (Å²) in [4.78, 5) is 39.2. The maximum absolute atomic E-state index is 13.8. The molecule has 8 rings (SSSR count). The van der Waals surface area contributed by atoms with Gasteiger partial charge in [-0.1, -0.05) is 48.5 Å². The Morgan fingerprint density at radius 2 is 0.897 bits per heavy atom. The Morgan fingerprint density at radius 1 is 0.471 bits per heavy atom. The average Bonchev–Trinajstić information content (AvgIpc) is 3.84. The second-order valence-electron chi connectivity index (χ2n) is 16.4. The van der Waals surface area contributed by atoms with Crippen molar-refractivity contribution in [3.8, 4) is 34.5 Å². The van der Waals surface area contributed by atoms with Crippen LogP contribution in [0.3, 0.4) is 0 Å². The van der Waals surface area contributed by atoms with Gasteiger partial charge in [0.25, 0.3) is 0 Å². The van der Waals surface area contributed by atoms with Crippen LogP contribution in [0.1, 0.15) is 57.5 Å². The Hall–Kier alpha value is -7.87. The van der Waals surface area contributed by atoms with Gasteiger partial charge >= 0.3 is 11.9 Å². The number of carbonyl (C=O) groups excluding carboxylic acids is 1. The number of benzene rings is 6. The number of hydrogen-bond acceptors (Lipinski definition) is 9. The van der Waals surface area contributed by atoms with Crippen molar-refractivity contribution in [3.63, 3.8) is 0 Å². The molecule has 1 amide bonds. The summed E-state index contributed by atoms with van der Waals surface area (Å²) in [5.41, 5.74) is 2.86. The van der Waals surface area contributed by atoms with Crippen molar-refractivity contribution >= 4 is 67.1 Å². The van der Waals surface area contributed by atoms with Gasteiger partial charge in [0.15, 0.2) is 23.6 Å². The largest absolute Gasteiger partial charge is 0.494 e. The Balaban J connectivity index is 1.00. The zero-order chi connectivity index (χ0) is 47.6. The Kier molecular flexibility index (Phi) is 14.8. The molecule has 0 radical (unpaired) electrons. The molecule has 2 aromatic heterocycles. The predicted molar refractivity (Wildman–Crippen MR) is 262 cm³/mol.